The lowest BCUT2D eigenvalue weighted by Gasteiger charge is -2.44. The molecule has 0 spiro atoms. The summed E-state index contributed by atoms with van der Waals surface area (Å²) in [6.45, 7) is 7.48. The van der Waals surface area contributed by atoms with Crippen molar-refractivity contribution >= 4 is 28.8 Å². The molecule has 5 nitrogen and oxygen atoms in total. The van der Waals surface area contributed by atoms with Gasteiger partial charge in [0.15, 0.2) is 0 Å². The zero-order valence-corrected chi connectivity index (χ0v) is 20.0. The third-order valence-electron chi connectivity index (χ3n) is 5.54. The van der Waals surface area contributed by atoms with Crippen molar-refractivity contribution in [3.63, 3.8) is 0 Å². The van der Waals surface area contributed by atoms with Gasteiger partial charge in [-0.25, -0.2) is 0 Å². The molecule has 164 valence electrons. The van der Waals surface area contributed by atoms with Crippen LogP contribution in [0.1, 0.15) is 33.6 Å². The van der Waals surface area contributed by atoms with E-state index in [1.807, 2.05) is 12.1 Å². The molecule has 2 aromatic carbocycles. The summed E-state index contributed by atoms with van der Waals surface area (Å²) in [5, 5.41) is 2.38. The van der Waals surface area contributed by atoms with E-state index in [0.717, 1.165) is 6.26 Å². The van der Waals surface area contributed by atoms with E-state index in [1.54, 1.807) is 0 Å². The Hall–Kier alpha value is -1.51. The van der Waals surface area contributed by atoms with Crippen molar-refractivity contribution in [2.24, 2.45) is 0 Å². The van der Waals surface area contributed by atoms with E-state index in [-0.39, 0.29) is 17.7 Å². The topological polar surface area (TPSA) is 61.8 Å². The summed E-state index contributed by atoms with van der Waals surface area (Å²) >= 11 is 0. The number of ether oxygens (including phenoxy) is 1. The first-order valence-electron chi connectivity index (χ1n) is 10.4. The van der Waals surface area contributed by atoms with Crippen LogP contribution in [0.5, 0.6) is 0 Å². The lowest BCUT2D eigenvalue weighted by atomic mass is 10.1. The molecule has 0 aromatic heterocycles. The summed E-state index contributed by atoms with van der Waals surface area (Å²) in [7, 11) is -6.07. The Labute approximate surface area is 181 Å². The molecule has 1 aliphatic heterocycles. The average molecular weight is 449 g/mol. The van der Waals surface area contributed by atoms with E-state index in [4.69, 9.17) is 13.3 Å². The van der Waals surface area contributed by atoms with Crippen LogP contribution in [0.3, 0.4) is 0 Å². The molecule has 7 heteroatoms. The second kappa shape index (κ2) is 9.32. The molecule has 1 heterocycles. The second-order valence-corrected chi connectivity index (χ2v) is 14.8. The van der Waals surface area contributed by atoms with Gasteiger partial charge in [-0.05, 0) is 28.3 Å². The van der Waals surface area contributed by atoms with E-state index in [0.29, 0.717) is 19.4 Å². The molecule has 1 aliphatic rings. The quantitative estimate of drug-likeness (QED) is 0.481. The van der Waals surface area contributed by atoms with Gasteiger partial charge in [0.2, 0.25) is 0 Å². The van der Waals surface area contributed by atoms with Crippen LogP contribution in [-0.2, 0) is 23.5 Å². The van der Waals surface area contributed by atoms with Crippen LogP contribution in [0, 0.1) is 0 Å². The van der Waals surface area contributed by atoms with Gasteiger partial charge in [0.1, 0.15) is 6.10 Å². The monoisotopic (exact) mass is 448 g/mol. The van der Waals surface area contributed by atoms with Gasteiger partial charge < -0.3 is 9.16 Å². The van der Waals surface area contributed by atoms with Gasteiger partial charge in [0, 0.05) is 0 Å². The van der Waals surface area contributed by atoms with Crippen molar-refractivity contribution in [1.29, 1.82) is 0 Å². The van der Waals surface area contributed by atoms with Crippen molar-refractivity contribution in [2.75, 3.05) is 19.5 Å². The zero-order chi connectivity index (χ0) is 21.8. The van der Waals surface area contributed by atoms with Gasteiger partial charge in [-0.15, -0.1) is 0 Å². The van der Waals surface area contributed by atoms with E-state index >= 15 is 0 Å². The van der Waals surface area contributed by atoms with Crippen LogP contribution >= 0.6 is 0 Å². The third-order valence-corrected chi connectivity index (χ3v) is 11.2. The molecule has 2 atom stereocenters. The first kappa shape index (κ1) is 23.2. The maximum absolute atomic E-state index is 11.4. The highest BCUT2D eigenvalue weighted by Crippen LogP contribution is 2.37. The summed E-state index contributed by atoms with van der Waals surface area (Å²) in [6.07, 6.45) is 1.93. The normalized spacial score (nSPS) is 20.8. The van der Waals surface area contributed by atoms with Crippen LogP contribution < -0.4 is 10.4 Å². The van der Waals surface area contributed by atoms with Gasteiger partial charge in [-0.1, -0.05) is 81.4 Å². The maximum Gasteiger partial charge on any atom is 0.264 e. The van der Waals surface area contributed by atoms with Gasteiger partial charge in [-0.2, -0.15) is 8.42 Å². The fraction of sp³-hybridized carbons (Fsp3) is 0.478. The molecule has 0 N–H and O–H groups in total. The van der Waals surface area contributed by atoms with Crippen molar-refractivity contribution in [2.45, 2.75) is 50.9 Å². The number of benzene rings is 2. The Balaban J connectivity index is 1.83. The summed E-state index contributed by atoms with van der Waals surface area (Å²) in [6, 6.07) is 21.0. The SMILES string of the molecule is CC(C)(C)[Si](OCC1CCC(OS(C)(=O)=O)CO1)(c1ccccc1)c1ccccc1. The molecular weight excluding hydrogens is 416 g/mol. The minimum Gasteiger partial charge on any atom is -0.405 e. The molecule has 1 fully saturated rings. The van der Waals surface area contributed by atoms with Gasteiger partial charge >= 0.3 is 0 Å². The minimum absolute atomic E-state index is 0.0777. The Kier molecular flexibility index (Phi) is 7.19. The molecule has 0 radical (unpaired) electrons. The highest BCUT2D eigenvalue weighted by atomic mass is 32.2. The summed E-state index contributed by atoms with van der Waals surface area (Å²) in [5.74, 6) is 0. The predicted octanol–water partition coefficient (Wildman–Crippen LogP) is 3.09. The molecular formula is C23H32O5SSi. The number of hydrogen-bond acceptors (Lipinski definition) is 5. The Morgan fingerprint density at radius 1 is 0.967 bits per heavy atom. The molecule has 3 rings (SSSR count). The molecule has 2 aromatic rings. The second-order valence-electron chi connectivity index (χ2n) is 8.93. The highest BCUT2D eigenvalue weighted by Gasteiger charge is 2.50. The lowest BCUT2D eigenvalue weighted by molar-refractivity contribution is -0.0610. The highest BCUT2D eigenvalue weighted by molar-refractivity contribution is 7.86. The summed E-state index contributed by atoms with van der Waals surface area (Å²) in [4.78, 5) is 0. The first-order valence-corrected chi connectivity index (χ1v) is 14.1. The smallest absolute Gasteiger partial charge is 0.264 e. The molecule has 0 aliphatic carbocycles. The summed E-state index contributed by atoms with van der Waals surface area (Å²) in [5.41, 5.74) is 0. The molecule has 0 saturated carbocycles. The lowest BCUT2D eigenvalue weighted by Crippen LogP contribution is -2.67. The van der Waals surface area contributed by atoms with E-state index in [9.17, 15) is 8.42 Å². The van der Waals surface area contributed by atoms with Crippen molar-refractivity contribution in [3.8, 4) is 0 Å². The van der Waals surface area contributed by atoms with E-state index in [2.05, 4.69) is 69.3 Å². The van der Waals surface area contributed by atoms with E-state index < -0.39 is 24.5 Å². The van der Waals surface area contributed by atoms with Crippen LogP contribution in [0.2, 0.25) is 5.04 Å². The third kappa shape index (κ3) is 5.39. The van der Waals surface area contributed by atoms with Crippen molar-refractivity contribution < 1.29 is 21.8 Å². The van der Waals surface area contributed by atoms with Crippen molar-refractivity contribution in [3.05, 3.63) is 60.7 Å². The Morgan fingerprint density at radius 3 is 1.90 bits per heavy atom. The molecule has 30 heavy (non-hydrogen) atoms. The minimum atomic E-state index is -3.47. The number of rotatable bonds is 7. The Bertz CT molecular complexity index is 862. The number of hydrogen-bond donors (Lipinski definition) is 0. The fourth-order valence-electron chi connectivity index (χ4n) is 4.22. The van der Waals surface area contributed by atoms with Crippen LogP contribution in [0.15, 0.2) is 60.7 Å². The van der Waals surface area contributed by atoms with Crippen LogP contribution in [-0.4, -0.2) is 48.4 Å². The van der Waals surface area contributed by atoms with E-state index in [1.165, 1.54) is 10.4 Å². The van der Waals surface area contributed by atoms with Gasteiger partial charge in [0.25, 0.3) is 18.4 Å². The fourth-order valence-corrected chi connectivity index (χ4v) is 9.45. The Morgan fingerprint density at radius 2 is 1.50 bits per heavy atom. The molecule has 1 saturated heterocycles. The van der Waals surface area contributed by atoms with Gasteiger partial charge in [-0.3, -0.25) is 4.18 Å². The van der Waals surface area contributed by atoms with Gasteiger partial charge in [0.05, 0.1) is 25.6 Å². The molecule has 2 unspecified atom stereocenters. The van der Waals surface area contributed by atoms with Crippen LogP contribution in [0.25, 0.3) is 0 Å². The zero-order valence-electron chi connectivity index (χ0n) is 18.2. The largest absolute Gasteiger partial charge is 0.405 e. The molecule has 0 amide bonds. The summed E-state index contributed by atoms with van der Waals surface area (Å²) < 4.78 is 40.6. The standard InChI is InChI=1S/C23H32O5SSi/c1-23(2,3)30(21-11-7-5-8-12-21,22-13-9-6-10-14-22)27-18-19-15-16-20(17-26-19)28-29(4,24)25/h5-14,19-20H,15-18H2,1-4H3. The average Bonchev–Trinajstić information content (AvgIpc) is 2.69. The maximum atomic E-state index is 11.4. The molecule has 0 bridgehead atoms. The van der Waals surface area contributed by atoms with Crippen LogP contribution in [0.4, 0.5) is 0 Å². The van der Waals surface area contributed by atoms with Crippen molar-refractivity contribution in [1.82, 2.24) is 0 Å². The first-order chi connectivity index (χ1) is 14.1. The predicted molar refractivity (Wildman–Crippen MR) is 122 cm³/mol.